The van der Waals surface area contributed by atoms with E-state index in [1.54, 1.807) is 23.9 Å². The second kappa shape index (κ2) is 6.45. The molecule has 0 spiro atoms. The van der Waals surface area contributed by atoms with Crippen molar-refractivity contribution < 1.29 is 4.92 Å². The highest BCUT2D eigenvalue weighted by atomic mass is 32.2. The monoisotopic (exact) mass is 307 g/mol. The molecule has 0 saturated carbocycles. The van der Waals surface area contributed by atoms with E-state index in [0.717, 1.165) is 16.0 Å². The minimum atomic E-state index is -0.372. The number of rotatable bonds is 4. The van der Waals surface area contributed by atoms with Crippen molar-refractivity contribution in [3.05, 3.63) is 89.0 Å². The molecule has 22 heavy (non-hydrogen) atoms. The van der Waals surface area contributed by atoms with E-state index in [1.807, 2.05) is 48.5 Å². The van der Waals surface area contributed by atoms with Crippen LogP contribution in [0.15, 0.2) is 88.7 Å². The van der Waals surface area contributed by atoms with Crippen molar-refractivity contribution in [2.24, 2.45) is 0 Å². The Bertz CT molecular complexity index is 786. The van der Waals surface area contributed by atoms with Crippen molar-refractivity contribution in [2.75, 3.05) is 0 Å². The van der Waals surface area contributed by atoms with Gasteiger partial charge in [-0.1, -0.05) is 54.2 Å². The smallest absolute Gasteiger partial charge is 0.258 e. The maximum Gasteiger partial charge on any atom is 0.270 e. The Morgan fingerprint density at radius 3 is 2.09 bits per heavy atom. The van der Waals surface area contributed by atoms with Crippen molar-refractivity contribution in [1.82, 2.24) is 0 Å². The lowest BCUT2D eigenvalue weighted by Crippen LogP contribution is -1.88. The summed E-state index contributed by atoms with van der Waals surface area (Å²) in [5, 5.41) is 10.8. The van der Waals surface area contributed by atoms with Crippen molar-refractivity contribution in [1.29, 1.82) is 0 Å². The first-order valence-corrected chi connectivity index (χ1v) is 7.62. The van der Waals surface area contributed by atoms with E-state index >= 15 is 0 Å². The second-order valence-electron chi connectivity index (χ2n) is 4.75. The van der Waals surface area contributed by atoms with Crippen LogP contribution in [0, 0.1) is 10.1 Å². The number of nitrogens with zero attached hydrogens (tertiary/aromatic N) is 1. The van der Waals surface area contributed by atoms with Gasteiger partial charge >= 0.3 is 0 Å². The molecule has 3 nitrogen and oxygen atoms in total. The van der Waals surface area contributed by atoms with E-state index in [1.165, 1.54) is 11.0 Å². The summed E-state index contributed by atoms with van der Waals surface area (Å²) in [5.41, 5.74) is 1.94. The van der Waals surface area contributed by atoms with Crippen LogP contribution in [0.3, 0.4) is 0 Å². The van der Waals surface area contributed by atoms with E-state index in [9.17, 15) is 10.1 Å². The predicted molar refractivity (Wildman–Crippen MR) is 89.1 cm³/mol. The van der Waals surface area contributed by atoms with Gasteiger partial charge in [0.25, 0.3) is 5.69 Å². The Balaban J connectivity index is 1.82. The average molecular weight is 307 g/mol. The van der Waals surface area contributed by atoms with E-state index in [4.69, 9.17) is 0 Å². The van der Waals surface area contributed by atoms with Gasteiger partial charge in [-0.05, 0) is 35.4 Å². The van der Waals surface area contributed by atoms with Crippen LogP contribution in [0.25, 0.3) is 11.1 Å². The van der Waals surface area contributed by atoms with Gasteiger partial charge in [-0.15, -0.1) is 0 Å². The third kappa shape index (κ3) is 3.35. The lowest BCUT2D eigenvalue weighted by atomic mass is 10.1. The van der Waals surface area contributed by atoms with Crippen LogP contribution in [-0.2, 0) is 0 Å². The Morgan fingerprint density at radius 2 is 1.41 bits per heavy atom. The first-order valence-electron chi connectivity index (χ1n) is 6.80. The Kier molecular flexibility index (Phi) is 4.21. The number of nitro groups is 1. The first-order chi connectivity index (χ1) is 10.7. The molecule has 0 N–H and O–H groups in total. The zero-order chi connectivity index (χ0) is 15.4. The van der Waals surface area contributed by atoms with Gasteiger partial charge in [-0.2, -0.15) is 0 Å². The summed E-state index contributed by atoms with van der Waals surface area (Å²) in [4.78, 5) is 12.8. The zero-order valence-corrected chi connectivity index (χ0v) is 12.5. The maximum absolute atomic E-state index is 10.8. The van der Waals surface area contributed by atoms with E-state index in [-0.39, 0.29) is 10.6 Å². The molecule has 0 fully saturated rings. The molecule has 3 aromatic carbocycles. The van der Waals surface area contributed by atoms with Crippen LogP contribution in [0.1, 0.15) is 0 Å². The van der Waals surface area contributed by atoms with Crippen molar-refractivity contribution >= 4 is 17.4 Å². The highest BCUT2D eigenvalue weighted by Gasteiger charge is 2.07. The minimum Gasteiger partial charge on any atom is -0.258 e. The standard InChI is InChI=1S/C18H13NO2S/c20-19(21)16-6-4-5-15(13-16)14-9-11-18(12-10-14)22-17-7-2-1-3-8-17/h1-13H. The number of hydrogen-bond donors (Lipinski definition) is 0. The number of non-ortho nitro benzene ring substituents is 1. The summed E-state index contributed by atoms with van der Waals surface area (Å²) in [5.74, 6) is 0. The van der Waals surface area contributed by atoms with E-state index in [2.05, 4.69) is 12.1 Å². The third-order valence-corrected chi connectivity index (χ3v) is 4.24. The number of benzene rings is 3. The summed E-state index contributed by atoms with van der Waals surface area (Å²) in [7, 11) is 0. The van der Waals surface area contributed by atoms with Gasteiger partial charge in [0.15, 0.2) is 0 Å². The molecule has 0 radical (unpaired) electrons. The van der Waals surface area contributed by atoms with Gasteiger partial charge in [-0.25, -0.2) is 0 Å². The third-order valence-electron chi connectivity index (χ3n) is 3.22. The predicted octanol–water partition coefficient (Wildman–Crippen LogP) is 5.41. The quantitative estimate of drug-likeness (QED) is 0.478. The molecule has 0 unspecified atom stereocenters. The highest BCUT2D eigenvalue weighted by Crippen LogP contribution is 2.30. The van der Waals surface area contributed by atoms with Crippen molar-refractivity contribution in [3.63, 3.8) is 0 Å². The summed E-state index contributed by atoms with van der Waals surface area (Å²) < 4.78 is 0. The molecule has 0 saturated heterocycles. The average Bonchev–Trinajstić information content (AvgIpc) is 2.56. The molecule has 0 atom stereocenters. The van der Waals surface area contributed by atoms with Crippen LogP contribution in [-0.4, -0.2) is 4.92 Å². The molecule has 3 aromatic rings. The molecule has 3 rings (SSSR count). The molecule has 0 aliphatic rings. The number of nitro benzene ring substituents is 1. The highest BCUT2D eigenvalue weighted by molar-refractivity contribution is 7.99. The first kappa shape index (κ1) is 14.4. The lowest BCUT2D eigenvalue weighted by molar-refractivity contribution is -0.384. The molecule has 108 valence electrons. The SMILES string of the molecule is O=[N+]([O-])c1cccc(-c2ccc(Sc3ccccc3)cc2)c1. The normalized spacial score (nSPS) is 10.4. The Morgan fingerprint density at radius 1 is 0.727 bits per heavy atom. The molecule has 0 aliphatic carbocycles. The summed E-state index contributed by atoms with van der Waals surface area (Å²) in [6.45, 7) is 0. The molecular weight excluding hydrogens is 294 g/mol. The largest absolute Gasteiger partial charge is 0.270 e. The van der Waals surface area contributed by atoms with Gasteiger partial charge in [-0.3, -0.25) is 10.1 Å². The fraction of sp³-hybridized carbons (Fsp3) is 0. The van der Waals surface area contributed by atoms with Crippen LogP contribution in [0.4, 0.5) is 5.69 Å². The second-order valence-corrected chi connectivity index (χ2v) is 5.89. The molecule has 0 aliphatic heterocycles. The molecule has 0 bridgehead atoms. The fourth-order valence-electron chi connectivity index (χ4n) is 2.14. The van der Waals surface area contributed by atoms with Gasteiger partial charge < -0.3 is 0 Å². The topological polar surface area (TPSA) is 43.1 Å². The summed E-state index contributed by atoms with van der Waals surface area (Å²) in [6.07, 6.45) is 0. The molecule has 0 heterocycles. The molecular formula is C18H13NO2S. The summed E-state index contributed by atoms with van der Waals surface area (Å²) >= 11 is 1.69. The number of hydrogen-bond acceptors (Lipinski definition) is 3. The van der Waals surface area contributed by atoms with Gasteiger partial charge in [0.1, 0.15) is 0 Å². The minimum absolute atomic E-state index is 0.111. The Labute approximate surface area is 132 Å². The van der Waals surface area contributed by atoms with Crippen LogP contribution >= 0.6 is 11.8 Å². The van der Waals surface area contributed by atoms with E-state index < -0.39 is 0 Å². The van der Waals surface area contributed by atoms with Gasteiger partial charge in [0.2, 0.25) is 0 Å². The van der Waals surface area contributed by atoms with Crippen molar-refractivity contribution in [3.8, 4) is 11.1 Å². The maximum atomic E-state index is 10.8. The van der Waals surface area contributed by atoms with Crippen LogP contribution in [0.5, 0.6) is 0 Å². The summed E-state index contributed by atoms with van der Waals surface area (Å²) in [6, 6.07) is 24.9. The Hall–Kier alpha value is -2.59. The molecule has 4 heteroatoms. The molecule has 0 amide bonds. The van der Waals surface area contributed by atoms with Gasteiger partial charge in [0, 0.05) is 21.9 Å². The van der Waals surface area contributed by atoms with Gasteiger partial charge in [0.05, 0.1) is 4.92 Å². The van der Waals surface area contributed by atoms with Crippen LogP contribution in [0.2, 0.25) is 0 Å². The van der Waals surface area contributed by atoms with Crippen molar-refractivity contribution in [2.45, 2.75) is 9.79 Å². The zero-order valence-electron chi connectivity index (χ0n) is 11.7. The van der Waals surface area contributed by atoms with Crippen LogP contribution < -0.4 is 0 Å². The lowest BCUT2D eigenvalue weighted by Gasteiger charge is -2.05. The molecule has 0 aromatic heterocycles. The fourth-order valence-corrected chi connectivity index (χ4v) is 2.98. The van der Waals surface area contributed by atoms with E-state index in [0.29, 0.717) is 0 Å².